The van der Waals surface area contributed by atoms with E-state index in [0.29, 0.717) is 16.8 Å². The van der Waals surface area contributed by atoms with E-state index >= 15 is 0 Å². The molecule has 0 fully saturated rings. The zero-order valence-corrected chi connectivity index (χ0v) is 14.7. The van der Waals surface area contributed by atoms with Gasteiger partial charge in [-0.3, -0.25) is 4.68 Å². The molecule has 0 aliphatic rings. The van der Waals surface area contributed by atoms with Crippen LogP contribution in [0.25, 0.3) is 11.0 Å². The van der Waals surface area contributed by atoms with E-state index in [2.05, 4.69) is 30.6 Å². The summed E-state index contributed by atoms with van der Waals surface area (Å²) in [4.78, 5) is 11.2. The van der Waals surface area contributed by atoms with Gasteiger partial charge in [0.2, 0.25) is 5.95 Å². The molecule has 8 heteroatoms. The van der Waals surface area contributed by atoms with Crippen LogP contribution < -0.4 is 10.6 Å². The van der Waals surface area contributed by atoms with E-state index in [9.17, 15) is 0 Å². The molecule has 126 valence electrons. The summed E-state index contributed by atoms with van der Waals surface area (Å²) in [5, 5.41) is 12.4. The summed E-state index contributed by atoms with van der Waals surface area (Å²) in [6.07, 6.45) is 1.76. The molecule has 0 aliphatic heterocycles. The normalized spacial score (nSPS) is 11.2. The third-order valence-electron chi connectivity index (χ3n) is 3.54. The van der Waals surface area contributed by atoms with E-state index in [0.717, 1.165) is 29.8 Å². The summed E-state index contributed by atoms with van der Waals surface area (Å²) in [5.41, 5.74) is 1.68. The Labute approximate surface area is 145 Å². The number of nitrogens with one attached hydrogen (secondary N) is 2. The van der Waals surface area contributed by atoms with E-state index in [1.807, 2.05) is 45.4 Å². The summed E-state index contributed by atoms with van der Waals surface area (Å²) in [6, 6.07) is 7.49. The zero-order valence-electron chi connectivity index (χ0n) is 13.9. The molecule has 0 unspecified atom stereocenters. The molecule has 3 rings (SSSR count). The van der Waals surface area contributed by atoms with Crippen molar-refractivity contribution in [2.75, 3.05) is 37.8 Å². The molecule has 3 aromatic rings. The molecule has 0 aliphatic carbocycles. The van der Waals surface area contributed by atoms with Gasteiger partial charge in [0.05, 0.1) is 11.6 Å². The Hall–Kier alpha value is -2.38. The monoisotopic (exact) mass is 345 g/mol. The van der Waals surface area contributed by atoms with Crippen molar-refractivity contribution in [1.82, 2.24) is 24.6 Å². The first-order valence-electron chi connectivity index (χ1n) is 7.64. The summed E-state index contributed by atoms with van der Waals surface area (Å²) < 4.78 is 1.74. The van der Waals surface area contributed by atoms with Crippen LogP contribution >= 0.6 is 11.6 Å². The molecule has 24 heavy (non-hydrogen) atoms. The lowest BCUT2D eigenvalue weighted by Gasteiger charge is -2.12. The van der Waals surface area contributed by atoms with Crippen molar-refractivity contribution in [2.45, 2.75) is 0 Å². The summed E-state index contributed by atoms with van der Waals surface area (Å²) in [6.45, 7) is 1.66. The average molecular weight is 346 g/mol. The molecule has 2 heterocycles. The number of rotatable bonds is 6. The molecular formula is C16H20ClN7. The molecule has 1 aromatic carbocycles. The van der Waals surface area contributed by atoms with Crippen molar-refractivity contribution in [3.8, 4) is 0 Å². The maximum Gasteiger partial charge on any atom is 0.226 e. The van der Waals surface area contributed by atoms with Gasteiger partial charge in [-0.05, 0) is 38.4 Å². The van der Waals surface area contributed by atoms with E-state index in [1.54, 1.807) is 10.9 Å². The van der Waals surface area contributed by atoms with Crippen LogP contribution in [-0.2, 0) is 7.05 Å². The lowest BCUT2D eigenvalue weighted by molar-refractivity contribution is 0.425. The van der Waals surface area contributed by atoms with Crippen molar-refractivity contribution in [3.63, 3.8) is 0 Å². The van der Waals surface area contributed by atoms with Crippen molar-refractivity contribution >= 4 is 40.1 Å². The van der Waals surface area contributed by atoms with E-state index in [-0.39, 0.29) is 0 Å². The van der Waals surface area contributed by atoms with Crippen molar-refractivity contribution in [2.24, 2.45) is 7.05 Å². The fourth-order valence-electron chi connectivity index (χ4n) is 2.26. The molecule has 7 nitrogen and oxygen atoms in total. The lowest BCUT2D eigenvalue weighted by atomic mass is 10.3. The molecule has 2 aromatic heterocycles. The number of aryl methyl sites for hydroxylation is 1. The maximum atomic E-state index is 5.94. The third-order valence-corrected chi connectivity index (χ3v) is 3.79. The molecule has 0 spiro atoms. The molecule has 0 bridgehead atoms. The van der Waals surface area contributed by atoms with Crippen LogP contribution in [0.5, 0.6) is 0 Å². The number of halogens is 1. The van der Waals surface area contributed by atoms with Crippen LogP contribution in [0.2, 0.25) is 5.02 Å². The predicted molar refractivity (Wildman–Crippen MR) is 98.1 cm³/mol. The number of anilines is 3. The highest BCUT2D eigenvalue weighted by atomic mass is 35.5. The number of fused-ring (bicyclic) bond motifs is 1. The van der Waals surface area contributed by atoms with E-state index in [1.165, 1.54) is 0 Å². The molecule has 2 N–H and O–H groups in total. The number of nitrogens with zero attached hydrogens (tertiary/aromatic N) is 5. The highest BCUT2D eigenvalue weighted by molar-refractivity contribution is 6.30. The van der Waals surface area contributed by atoms with Gasteiger partial charge in [0.15, 0.2) is 5.65 Å². The third kappa shape index (κ3) is 3.74. The molecule has 0 atom stereocenters. The fourth-order valence-corrected chi connectivity index (χ4v) is 2.38. The minimum atomic E-state index is 0.574. The van der Waals surface area contributed by atoms with Gasteiger partial charge in [0.1, 0.15) is 5.82 Å². The summed E-state index contributed by atoms with van der Waals surface area (Å²) in [7, 11) is 5.92. The van der Waals surface area contributed by atoms with Crippen molar-refractivity contribution in [3.05, 3.63) is 35.5 Å². The zero-order chi connectivity index (χ0) is 17.1. The number of aromatic nitrogens is 4. The van der Waals surface area contributed by atoms with Gasteiger partial charge in [0.25, 0.3) is 0 Å². The largest absolute Gasteiger partial charge is 0.353 e. The SMILES string of the molecule is CN(C)CCNc1nc(Nc2ccc(Cl)cc2)c2cnn(C)c2n1. The standard InChI is InChI=1S/C16H20ClN7/c1-23(2)9-8-18-16-21-14(13-10-19-24(3)15(13)22-16)20-12-6-4-11(17)5-7-12/h4-7,10H,8-9H2,1-3H3,(H2,18,20,21,22). The second kappa shape index (κ2) is 7.02. The number of hydrogen-bond acceptors (Lipinski definition) is 6. The minimum Gasteiger partial charge on any atom is -0.353 e. The molecule has 0 amide bonds. The van der Waals surface area contributed by atoms with Crippen molar-refractivity contribution in [1.29, 1.82) is 0 Å². The predicted octanol–water partition coefficient (Wildman–Crippen LogP) is 2.73. The first-order chi connectivity index (χ1) is 11.5. The molecular weight excluding hydrogens is 326 g/mol. The van der Waals surface area contributed by atoms with E-state index in [4.69, 9.17) is 11.6 Å². The van der Waals surface area contributed by atoms with Crippen LogP contribution in [0.4, 0.5) is 17.5 Å². The van der Waals surface area contributed by atoms with Crippen LogP contribution in [0.15, 0.2) is 30.5 Å². The Morgan fingerprint density at radius 1 is 1.17 bits per heavy atom. The summed E-state index contributed by atoms with van der Waals surface area (Å²) >= 11 is 5.94. The lowest BCUT2D eigenvalue weighted by Crippen LogP contribution is -2.21. The van der Waals surface area contributed by atoms with Gasteiger partial charge in [0, 0.05) is 30.8 Å². The summed E-state index contributed by atoms with van der Waals surface area (Å²) in [5.74, 6) is 1.28. The smallest absolute Gasteiger partial charge is 0.226 e. The van der Waals surface area contributed by atoms with Crippen LogP contribution in [0.3, 0.4) is 0 Å². The van der Waals surface area contributed by atoms with E-state index < -0.39 is 0 Å². The first-order valence-corrected chi connectivity index (χ1v) is 8.01. The first kappa shape index (κ1) is 16.5. The van der Waals surface area contributed by atoms with Crippen LogP contribution in [0, 0.1) is 0 Å². The van der Waals surface area contributed by atoms with Gasteiger partial charge in [-0.2, -0.15) is 15.1 Å². The van der Waals surface area contributed by atoms with Gasteiger partial charge < -0.3 is 15.5 Å². The maximum absolute atomic E-state index is 5.94. The Kier molecular flexibility index (Phi) is 4.82. The highest BCUT2D eigenvalue weighted by Crippen LogP contribution is 2.25. The van der Waals surface area contributed by atoms with Gasteiger partial charge >= 0.3 is 0 Å². The van der Waals surface area contributed by atoms with Gasteiger partial charge in [-0.25, -0.2) is 0 Å². The average Bonchev–Trinajstić information content (AvgIpc) is 2.91. The number of benzene rings is 1. The Bertz CT molecular complexity index is 826. The fraction of sp³-hybridized carbons (Fsp3) is 0.312. The number of hydrogen-bond donors (Lipinski definition) is 2. The quantitative estimate of drug-likeness (QED) is 0.715. The van der Waals surface area contributed by atoms with Gasteiger partial charge in [-0.15, -0.1) is 0 Å². The second-order valence-corrected chi connectivity index (χ2v) is 6.20. The van der Waals surface area contributed by atoms with Crippen LogP contribution in [0.1, 0.15) is 0 Å². The molecule has 0 radical (unpaired) electrons. The van der Waals surface area contributed by atoms with Crippen molar-refractivity contribution < 1.29 is 0 Å². The Balaban J connectivity index is 1.91. The minimum absolute atomic E-state index is 0.574. The molecule has 0 saturated carbocycles. The second-order valence-electron chi connectivity index (χ2n) is 5.76. The van der Waals surface area contributed by atoms with Gasteiger partial charge in [-0.1, -0.05) is 11.6 Å². The topological polar surface area (TPSA) is 70.9 Å². The van der Waals surface area contributed by atoms with Crippen LogP contribution in [-0.4, -0.2) is 51.8 Å². The number of likely N-dealkylation sites (N-methyl/N-ethyl adjacent to an activating group) is 1. The Morgan fingerprint density at radius 2 is 1.92 bits per heavy atom. The highest BCUT2D eigenvalue weighted by Gasteiger charge is 2.12. The molecule has 0 saturated heterocycles. The Morgan fingerprint density at radius 3 is 2.62 bits per heavy atom.